The molecule has 1 fully saturated rings. The minimum atomic E-state index is -0.0987. The number of hydrogen-bond acceptors (Lipinski definition) is 2. The SMILES string of the molecule is COc1ccc(Cl)cc1C(=O)NC1CCCC(C)C1. The molecule has 1 aromatic carbocycles. The Kier molecular flexibility index (Phi) is 4.70. The lowest BCUT2D eigenvalue weighted by molar-refractivity contribution is 0.0918. The van der Waals surface area contributed by atoms with E-state index in [1.807, 2.05) is 0 Å². The third-order valence-corrected chi connectivity index (χ3v) is 3.91. The van der Waals surface area contributed by atoms with Gasteiger partial charge in [-0.2, -0.15) is 0 Å². The molecular weight excluding hydrogens is 262 g/mol. The van der Waals surface area contributed by atoms with Crippen LogP contribution < -0.4 is 10.1 Å². The predicted octanol–water partition coefficient (Wildman–Crippen LogP) is 3.66. The minimum Gasteiger partial charge on any atom is -0.496 e. The van der Waals surface area contributed by atoms with E-state index in [1.165, 1.54) is 12.8 Å². The molecule has 4 heteroatoms. The Morgan fingerprint density at radius 1 is 1.42 bits per heavy atom. The zero-order valence-corrected chi connectivity index (χ0v) is 12.2. The van der Waals surface area contributed by atoms with Crippen LogP contribution in [0.1, 0.15) is 43.0 Å². The first-order chi connectivity index (χ1) is 9.10. The van der Waals surface area contributed by atoms with Crippen LogP contribution in [-0.2, 0) is 0 Å². The molecule has 2 rings (SSSR count). The Labute approximate surface area is 119 Å². The van der Waals surface area contributed by atoms with E-state index in [0.717, 1.165) is 12.8 Å². The second kappa shape index (κ2) is 6.29. The zero-order chi connectivity index (χ0) is 13.8. The van der Waals surface area contributed by atoms with Gasteiger partial charge in [-0.3, -0.25) is 4.79 Å². The highest BCUT2D eigenvalue weighted by atomic mass is 35.5. The molecule has 3 nitrogen and oxygen atoms in total. The van der Waals surface area contributed by atoms with Gasteiger partial charge in [-0.15, -0.1) is 0 Å². The molecule has 0 aliphatic heterocycles. The Morgan fingerprint density at radius 2 is 2.21 bits per heavy atom. The molecule has 0 heterocycles. The number of carbonyl (C=O) groups is 1. The fourth-order valence-corrected chi connectivity index (χ4v) is 2.86. The van der Waals surface area contributed by atoms with Crippen molar-refractivity contribution in [2.45, 2.75) is 38.6 Å². The third-order valence-electron chi connectivity index (χ3n) is 3.68. The minimum absolute atomic E-state index is 0.0987. The van der Waals surface area contributed by atoms with Gasteiger partial charge in [-0.05, 0) is 37.0 Å². The van der Waals surface area contributed by atoms with E-state index in [1.54, 1.807) is 25.3 Å². The average molecular weight is 282 g/mol. The van der Waals surface area contributed by atoms with Crippen LogP contribution in [0, 0.1) is 5.92 Å². The van der Waals surface area contributed by atoms with Crippen molar-refractivity contribution in [3.63, 3.8) is 0 Å². The van der Waals surface area contributed by atoms with E-state index in [-0.39, 0.29) is 11.9 Å². The van der Waals surface area contributed by atoms with E-state index in [2.05, 4.69) is 12.2 Å². The number of methoxy groups -OCH3 is 1. The topological polar surface area (TPSA) is 38.3 Å². The van der Waals surface area contributed by atoms with Gasteiger partial charge in [0, 0.05) is 11.1 Å². The summed E-state index contributed by atoms with van der Waals surface area (Å²) in [6, 6.07) is 5.36. The fraction of sp³-hybridized carbons (Fsp3) is 0.533. The molecule has 0 spiro atoms. The molecule has 0 radical (unpaired) electrons. The number of benzene rings is 1. The highest BCUT2D eigenvalue weighted by Crippen LogP contribution is 2.26. The lowest BCUT2D eigenvalue weighted by Gasteiger charge is -2.27. The number of hydrogen-bond donors (Lipinski definition) is 1. The maximum atomic E-state index is 12.3. The van der Waals surface area contributed by atoms with Crippen molar-refractivity contribution >= 4 is 17.5 Å². The van der Waals surface area contributed by atoms with Crippen molar-refractivity contribution in [2.75, 3.05) is 7.11 Å². The molecule has 104 valence electrons. The first-order valence-electron chi connectivity index (χ1n) is 6.74. The summed E-state index contributed by atoms with van der Waals surface area (Å²) in [6.07, 6.45) is 4.54. The lowest BCUT2D eigenvalue weighted by Crippen LogP contribution is -2.38. The highest BCUT2D eigenvalue weighted by molar-refractivity contribution is 6.31. The second-order valence-electron chi connectivity index (χ2n) is 5.29. The van der Waals surface area contributed by atoms with Gasteiger partial charge in [0.15, 0.2) is 0 Å². The Balaban J connectivity index is 2.09. The molecule has 1 aromatic rings. The Hall–Kier alpha value is -1.22. The summed E-state index contributed by atoms with van der Waals surface area (Å²) >= 11 is 5.95. The molecule has 2 atom stereocenters. The number of carbonyl (C=O) groups excluding carboxylic acids is 1. The first kappa shape index (κ1) is 14.2. The van der Waals surface area contributed by atoms with Crippen molar-refractivity contribution < 1.29 is 9.53 Å². The number of nitrogens with one attached hydrogen (secondary N) is 1. The van der Waals surface area contributed by atoms with Crippen LogP contribution in [0.4, 0.5) is 0 Å². The summed E-state index contributed by atoms with van der Waals surface area (Å²) in [7, 11) is 1.56. The fourth-order valence-electron chi connectivity index (χ4n) is 2.69. The van der Waals surface area contributed by atoms with E-state index in [0.29, 0.717) is 22.3 Å². The van der Waals surface area contributed by atoms with Gasteiger partial charge < -0.3 is 10.1 Å². The smallest absolute Gasteiger partial charge is 0.255 e. The number of halogens is 1. The summed E-state index contributed by atoms with van der Waals surface area (Å²) in [5.74, 6) is 1.14. The third kappa shape index (κ3) is 3.63. The average Bonchev–Trinajstić information content (AvgIpc) is 2.38. The largest absolute Gasteiger partial charge is 0.496 e. The summed E-state index contributed by atoms with van der Waals surface area (Å²) in [5.41, 5.74) is 0.508. The summed E-state index contributed by atoms with van der Waals surface area (Å²) in [6.45, 7) is 2.23. The molecule has 0 bridgehead atoms. The van der Waals surface area contributed by atoms with E-state index >= 15 is 0 Å². The normalized spacial score (nSPS) is 22.9. The van der Waals surface area contributed by atoms with Crippen LogP contribution in [-0.4, -0.2) is 19.1 Å². The maximum Gasteiger partial charge on any atom is 0.255 e. The summed E-state index contributed by atoms with van der Waals surface area (Å²) in [4.78, 5) is 12.3. The molecule has 2 unspecified atom stereocenters. The second-order valence-corrected chi connectivity index (χ2v) is 5.72. The number of amides is 1. The first-order valence-corrected chi connectivity index (χ1v) is 7.12. The van der Waals surface area contributed by atoms with Crippen molar-refractivity contribution in [2.24, 2.45) is 5.92 Å². The molecule has 1 amide bonds. The van der Waals surface area contributed by atoms with Crippen molar-refractivity contribution in [3.05, 3.63) is 28.8 Å². The molecule has 1 aliphatic rings. The zero-order valence-electron chi connectivity index (χ0n) is 11.4. The van der Waals surface area contributed by atoms with Gasteiger partial charge in [0.05, 0.1) is 12.7 Å². The van der Waals surface area contributed by atoms with Gasteiger partial charge in [0.25, 0.3) is 5.91 Å². The molecular formula is C15H20ClNO2. The highest BCUT2D eigenvalue weighted by Gasteiger charge is 2.22. The monoisotopic (exact) mass is 281 g/mol. The standard InChI is InChI=1S/C15H20ClNO2/c1-10-4-3-5-12(8-10)17-15(18)13-9-11(16)6-7-14(13)19-2/h6-7,9-10,12H,3-5,8H2,1-2H3,(H,17,18). The molecule has 0 saturated heterocycles. The van der Waals surface area contributed by atoms with Crippen LogP contribution in [0.15, 0.2) is 18.2 Å². The van der Waals surface area contributed by atoms with Crippen LogP contribution in [0.5, 0.6) is 5.75 Å². The van der Waals surface area contributed by atoms with Crippen molar-refractivity contribution in [1.29, 1.82) is 0 Å². The number of ether oxygens (including phenoxy) is 1. The molecule has 1 aliphatic carbocycles. The van der Waals surface area contributed by atoms with Crippen LogP contribution >= 0.6 is 11.6 Å². The van der Waals surface area contributed by atoms with E-state index < -0.39 is 0 Å². The van der Waals surface area contributed by atoms with Gasteiger partial charge in [-0.25, -0.2) is 0 Å². The van der Waals surface area contributed by atoms with Gasteiger partial charge in [-0.1, -0.05) is 31.4 Å². The molecule has 1 saturated carbocycles. The van der Waals surface area contributed by atoms with E-state index in [4.69, 9.17) is 16.3 Å². The molecule has 19 heavy (non-hydrogen) atoms. The van der Waals surface area contributed by atoms with Crippen LogP contribution in [0.25, 0.3) is 0 Å². The number of rotatable bonds is 3. The lowest BCUT2D eigenvalue weighted by atomic mass is 9.87. The predicted molar refractivity (Wildman–Crippen MR) is 76.9 cm³/mol. The quantitative estimate of drug-likeness (QED) is 0.918. The van der Waals surface area contributed by atoms with Gasteiger partial charge >= 0.3 is 0 Å². The van der Waals surface area contributed by atoms with Gasteiger partial charge in [0.1, 0.15) is 5.75 Å². The molecule has 1 N–H and O–H groups in total. The maximum absolute atomic E-state index is 12.3. The summed E-state index contributed by atoms with van der Waals surface area (Å²) in [5, 5.41) is 3.63. The summed E-state index contributed by atoms with van der Waals surface area (Å²) < 4.78 is 5.21. The van der Waals surface area contributed by atoms with E-state index in [9.17, 15) is 4.79 Å². The van der Waals surface area contributed by atoms with Crippen molar-refractivity contribution in [3.8, 4) is 5.75 Å². The Bertz CT molecular complexity index is 461. The van der Waals surface area contributed by atoms with Gasteiger partial charge in [0.2, 0.25) is 0 Å². The Morgan fingerprint density at radius 3 is 2.89 bits per heavy atom. The van der Waals surface area contributed by atoms with Crippen LogP contribution in [0.2, 0.25) is 5.02 Å². The van der Waals surface area contributed by atoms with Crippen molar-refractivity contribution in [1.82, 2.24) is 5.32 Å². The molecule has 0 aromatic heterocycles. The van der Waals surface area contributed by atoms with Crippen LogP contribution in [0.3, 0.4) is 0 Å².